The molecule has 0 aliphatic carbocycles. The van der Waals surface area contributed by atoms with E-state index < -0.39 is 6.10 Å². The summed E-state index contributed by atoms with van der Waals surface area (Å²) in [5.74, 6) is 2.26. The fraction of sp³-hybridized carbons (Fsp3) is 0.467. The van der Waals surface area contributed by atoms with Crippen LogP contribution in [-0.4, -0.2) is 42.1 Å². The standard InChI is InChI=1S/C15H19N3OS2/c1-2-13-15(21-9-8-20-13)14(19)12-10-16-17-18(12)11-6-4-3-5-7-11/h3-7,10,13-15,19H,2,8-9H2,1H3. The molecule has 21 heavy (non-hydrogen) atoms. The minimum absolute atomic E-state index is 0.203. The minimum atomic E-state index is -0.539. The van der Waals surface area contributed by atoms with Gasteiger partial charge in [-0.3, -0.25) is 0 Å². The molecular weight excluding hydrogens is 302 g/mol. The average molecular weight is 321 g/mol. The van der Waals surface area contributed by atoms with Crippen LogP contribution in [0.25, 0.3) is 5.69 Å². The highest BCUT2D eigenvalue weighted by Crippen LogP contribution is 2.40. The monoisotopic (exact) mass is 321 g/mol. The summed E-state index contributed by atoms with van der Waals surface area (Å²) in [5.41, 5.74) is 1.71. The highest BCUT2D eigenvalue weighted by atomic mass is 32.2. The second-order valence-electron chi connectivity index (χ2n) is 5.00. The number of benzene rings is 1. The van der Waals surface area contributed by atoms with Crippen molar-refractivity contribution in [3.05, 3.63) is 42.2 Å². The summed E-state index contributed by atoms with van der Waals surface area (Å²) in [6, 6.07) is 9.85. The summed E-state index contributed by atoms with van der Waals surface area (Å²) in [6.45, 7) is 2.19. The first-order chi connectivity index (χ1) is 10.3. The highest BCUT2D eigenvalue weighted by Gasteiger charge is 2.34. The minimum Gasteiger partial charge on any atom is -0.386 e. The van der Waals surface area contributed by atoms with Crippen molar-refractivity contribution in [3.8, 4) is 5.69 Å². The van der Waals surface area contributed by atoms with Crippen LogP contribution in [0.2, 0.25) is 0 Å². The normalized spacial score (nSPS) is 23.9. The molecular formula is C15H19N3OS2. The fourth-order valence-electron chi connectivity index (χ4n) is 2.61. The van der Waals surface area contributed by atoms with Gasteiger partial charge in [-0.2, -0.15) is 23.5 Å². The molecule has 1 aromatic carbocycles. The SMILES string of the molecule is CCC1SCCSC1C(O)c1cnnn1-c1ccccc1. The zero-order valence-corrected chi connectivity index (χ0v) is 13.6. The van der Waals surface area contributed by atoms with Crippen molar-refractivity contribution < 1.29 is 5.11 Å². The zero-order valence-electron chi connectivity index (χ0n) is 11.9. The number of hydrogen-bond donors (Lipinski definition) is 1. The van der Waals surface area contributed by atoms with Crippen LogP contribution in [0.4, 0.5) is 0 Å². The first kappa shape index (κ1) is 14.9. The van der Waals surface area contributed by atoms with E-state index in [1.165, 1.54) is 5.75 Å². The third-order valence-corrected chi connectivity index (χ3v) is 7.02. The molecule has 0 bridgehead atoms. The quantitative estimate of drug-likeness (QED) is 0.938. The van der Waals surface area contributed by atoms with Gasteiger partial charge in [0.15, 0.2) is 0 Å². The van der Waals surface area contributed by atoms with Crippen molar-refractivity contribution in [2.24, 2.45) is 0 Å². The van der Waals surface area contributed by atoms with E-state index in [1.54, 1.807) is 10.9 Å². The molecule has 3 atom stereocenters. The Bertz CT molecular complexity index is 575. The van der Waals surface area contributed by atoms with Gasteiger partial charge in [-0.15, -0.1) is 5.10 Å². The van der Waals surface area contributed by atoms with Crippen molar-refractivity contribution in [2.75, 3.05) is 11.5 Å². The van der Waals surface area contributed by atoms with Crippen LogP contribution in [0.15, 0.2) is 36.5 Å². The van der Waals surface area contributed by atoms with E-state index in [9.17, 15) is 5.11 Å². The van der Waals surface area contributed by atoms with Crippen LogP contribution in [0.5, 0.6) is 0 Å². The summed E-state index contributed by atoms with van der Waals surface area (Å²) < 4.78 is 1.75. The fourth-order valence-corrected chi connectivity index (χ4v) is 5.73. The number of thioether (sulfide) groups is 2. The predicted octanol–water partition coefficient (Wildman–Crippen LogP) is 2.93. The van der Waals surface area contributed by atoms with E-state index in [2.05, 4.69) is 17.2 Å². The number of para-hydroxylation sites is 1. The Morgan fingerprint density at radius 3 is 2.81 bits per heavy atom. The van der Waals surface area contributed by atoms with Gasteiger partial charge in [0.2, 0.25) is 0 Å². The Morgan fingerprint density at radius 2 is 2.05 bits per heavy atom. The Morgan fingerprint density at radius 1 is 1.29 bits per heavy atom. The molecule has 6 heteroatoms. The summed E-state index contributed by atoms with van der Waals surface area (Å²) in [4.78, 5) is 0. The van der Waals surface area contributed by atoms with Gasteiger partial charge in [0, 0.05) is 22.0 Å². The van der Waals surface area contributed by atoms with Crippen LogP contribution in [0.3, 0.4) is 0 Å². The van der Waals surface area contributed by atoms with Crippen LogP contribution in [0, 0.1) is 0 Å². The molecule has 1 saturated heterocycles. The molecule has 0 radical (unpaired) electrons. The van der Waals surface area contributed by atoms with E-state index in [4.69, 9.17) is 0 Å². The van der Waals surface area contributed by atoms with Crippen LogP contribution in [0.1, 0.15) is 25.1 Å². The largest absolute Gasteiger partial charge is 0.386 e. The maximum atomic E-state index is 10.8. The van der Waals surface area contributed by atoms with E-state index in [0.29, 0.717) is 5.25 Å². The van der Waals surface area contributed by atoms with Crippen molar-refractivity contribution in [2.45, 2.75) is 29.9 Å². The van der Waals surface area contributed by atoms with Crippen molar-refractivity contribution >= 4 is 23.5 Å². The Labute approximate surface area is 133 Å². The lowest BCUT2D eigenvalue weighted by Crippen LogP contribution is -2.32. The Balaban J connectivity index is 1.88. The third-order valence-electron chi connectivity index (χ3n) is 3.69. The zero-order chi connectivity index (χ0) is 14.7. The Kier molecular flexibility index (Phi) is 4.87. The smallest absolute Gasteiger partial charge is 0.111 e. The molecule has 0 spiro atoms. The molecule has 1 aromatic heterocycles. The molecule has 1 N–H and O–H groups in total. The Hall–Kier alpha value is -0.980. The van der Waals surface area contributed by atoms with E-state index in [-0.39, 0.29) is 5.25 Å². The maximum Gasteiger partial charge on any atom is 0.111 e. The van der Waals surface area contributed by atoms with Gasteiger partial charge in [-0.05, 0) is 18.6 Å². The van der Waals surface area contributed by atoms with E-state index in [0.717, 1.165) is 23.6 Å². The molecule has 1 aliphatic heterocycles. The number of aromatic nitrogens is 3. The molecule has 0 amide bonds. The lowest BCUT2D eigenvalue weighted by Gasteiger charge is -2.33. The number of aliphatic hydroxyl groups is 1. The van der Waals surface area contributed by atoms with Crippen LogP contribution < -0.4 is 0 Å². The van der Waals surface area contributed by atoms with Gasteiger partial charge in [0.25, 0.3) is 0 Å². The van der Waals surface area contributed by atoms with Gasteiger partial charge < -0.3 is 5.11 Å². The summed E-state index contributed by atoms with van der Waals surface area (Å²) >= 11 is 3.83. The third kappa shape index (κ3) is 3.12. The summed E-state index contributed by atoms with van der Waals surface area (Å²) in [7, 11) is 0. The van der Waals surface area contributed by atoms with Crippen LogP contribution in [-0.2, 0) is 0 Å². The number of aliphatic hydroxyl groups excluding tert-OH is 1. The average Bonchev–Trinajstić information content (AvgIpc) is 3.04. The first-order valence-corrected chi connectivity index (χ1v) is 9.28. The van der Waals surface area contributed by atoms with E-state index in [1.807, 2.05) is 53.9 Å². The van der Waals surface area contributed by atoms with Gasteiger partial charge in [-0.1, -0.05) is 30.3 Å². The topological polar surface area (TPSA) is 50.9 Å². The second-order valence-corrected chi connectivity index (χ2v) is 7.64. The molecule has 0 saturated carbocycles. The number of nitrogens with zero attached hydrogens (tertiary/aromatic N) is 3. The molecule has 2 aromatic rings. The second kappa shape index (κ2) is 6.85. The van der Waals surface area contributed by atoms with Gasteiger partial charge in [0.05, 0.1) is 17.6 Å². The maximum absolute atomic E-state index is 10.8. The van der Waals surface area contributed by atoms with Gasteiger partial charge >= 0.3 is 0 Å². The highest BCUT2D eigenvalue weighted by molar-refractivity contribution is 8.07. The molecule has 2 heterocycles. The molecule has 1 aliphatic rings. The molecule has 112 valence electrons. The van der Waals surface area contributed by atoms with Crippen molar-refractivity contribution in [1.29, 1.82) is 0 Å². The lowest BCUT2D eigenvalue weighted by molar-refractivity contribution is 0.164. The van der Waals surface area contributed by atoms with Crippen molar-refractivity contribution in [1.82, 2.24) is 15.0 Å². The molecule has 4 nitrogen and oxygen atoms in total. The summed E-state index contributed by atoms with van der Waals surface area (Å²) in [5, 5.41) is 19.7. The number of hydrogen-bond acceptors (Lipinski definition) is 5. The number of rotatable bonds is 4. The molecule has 1 fully saturated rings. The van der Waals surface area contributed by atoms with Gasteiger partial charge in [-0.25, -0.2) is 4.68 Å². The summed E-state index contributed by atoms with van der Waals surface area (Å²) in [6.07, 6.45) is 2.22. The van der Waals surface area contributed by atoms with Crippen molar-refractivity contribution in [3.63, 3.8) is 0 Å². The lowest BCUT2D eigenvalue weighted by atomic mass is 10.1. The van der Waals surface area contributed by atoms with Gasteiger partial charge in [0.1, 0.15) is 6.10 Å². The first-order valence-electron chi connectivity index (χ1n) is 7.18. The molecule has 3 rings (SSSR count). The predicted molar refractivity (Wildman–Crippen MR) is 89.1 cm³/mol. The molecule has 3 unspecified atom stereocenters. The van der Waals surface area contributed by atoms with E-state index >= 15 is 0 Å². The van der Waals surface area contributed by atoms with Crippen LogP contribution >= 0.6 is 23.5 Å².